The van der Waals surface area contributed by atoms with Crippen molar-refractivity contribution in [1.29, 1.82) is 0 Å². The van der Waals surface area contributed by atoms with Crippen LogP contribution in [0.15, 0.2) is 66.7 Å². The van der Waals surface area contributed by atoms with Crippen molar-refractivity contribution in [2.45, 2.75) is 63.8 Å². The number of carboxylic acid groups (broad SMARTS) is 2. The number of nitrogens with one attached hydrogen (secondary N) is 1. The van der Waals surface area contributed by atoms with Crippen LogP contribution in [0.4, 0.5) is 5.69 Å². The molecule has 0 saturated heterocycles. The molecule has 1 N–H and O–H groups in total. The van der Waals surface area contributed by atoms with Crippen LogP contribution in [0.3, 0.4) is 0 Å². The number of hydrogen-bond acceptors (Lipinski definition) is 6. The van der Waals surface area contributed by atoms with Crippen LogP contribution in [0.1, 0.15) is 56.1 Å². The van der Waals surface area contributed by atoms with Crippen molar-refractivity contribution in [3.63, 3.8) is 0 Å². The predicted octanol–water partition coefficient (Wildman–Crippen LogP) is 1.92. The van der Waals surface area contributed by atoms with Gasteiger partial charge >= 0.3 is 37.7 Å². The minimum atomic E-state index is -1.39. The summed E-state index contributed by atoms with van der Waals surface area (Å²) in [6.07, 6.45) is 4.44. The molecular formula is C33H34CaN2O6. The third-order valence-electron chi connectivity index (χ3n) is 8.80. The second kappa shape index (κ2) is 14.0. The molecule has 1 fully saturated rings. The van der Waals surface area contributed by atoms with E-state index in [-0.39, 0.29) is 50.1 Å². The molecule has 2 aliphatic rings. The molecule has 42 heavy (non-hydrogen) atoms. The number of carbonyl (C=O) groups is 4. The van der Waals surface area contributed by atoms with Gasteiger partial charge in [0.15, 0.2) is 0 Å². The second-order valence-corrected chi connectivity index (χ2v) is 11.4. The number of carbonyl (C=O) groups excluding carboxylic acids is 4. The normalized spacial score (nSPS) is 18.4. The summed E-state index contributed by atoms with van der Waals surface area (Å²) in [5, 5.41) is 28.9. The molecule has 0 spiro atoms. The summed E-state index contributed by atoms with van der Waals surface area (Å²) in [7, 11) is 0. The van der Waals surface area contributed by atoms with Crippen LogP contribution in [0.25, 0.3) is 10.8 Å². The quantitative estimate of drug-likeness (QED) is 0.357. The largest absolute Gasteiger partial charge is 2.00 e. The predicted molar refractivity (Wildman–Crippen MR) is 156 cm³/mol. The van der Waals surface area contributed by atoms with Crippen molar-refractivity contribution >= 4 is 78.0 Å². The molecule has 0 aromatic heterocycles. The van der Waals surface area contributed by atoms with Gasteiger partial charge in [0.2, 0.25) is 11.8 Å². The number of amides is 2. The minimum absolute atomic E-state index is 0. The fourth-order valence-corrected chi connectivity index (χ4v) is 6.64. The van der Waals surface area contributed by atoms with Crippen LogP contribution in [-0.2, 0) is 32.0 Å². The molecule has 1 aliphatic carbocycles. The number of aryl methyl sites for hydroxylation is 2. The summed E-state index contributed by atoms with van der Waals surface area (Å²) in [5.41, 5.74) is 1.44. The van der Waals surface area contributed by atoms with Gasteiger partial charge < -0.3 is 30.0 Å². The van der Waals surface area contributed by atoms with Crippen LogP contribution < -0.4 is 20.4 Å². The van der Waals surface area contributed by atoms with Gasteiger partial charge in [-0.15, -0.1) is 0 Å². The molecule has 0 bridgehead atoms. The number of hydrogen-bond donors (Lipinski definition) is 1. The smallest absolute Gasteiger partial charge is 0.550 e. The standard InChI is InChI=1S/C33H36N2O6.Ca/c36-29(37)21-35-28-13-4-2-9-24(28)16-17-27(30(35)38)34-32(41)33(18-5-6-19-33)20-25(31(39)40)15-14-23-11-7-10-22-8-1-3-12-26(22)23;/h1-4,7-13,25,27H,5-6,14-21H2,(H,34,41)(H,36,37)(H,39,40);/q;+2/p-2/t25-,27+;/m1./s1. The van der Waals surface area contributed by atoms with Crippen LogP contribution in [0.2, 0.25) is 0 Å². The molecule has 5 rings (SSSR count). The zero-order valence-corrected chi connectivity index (χ0v) is 25.9. The second-order valence-electron chi connectivity index (χ2n) is 11.4. The van der Waals surface area contributed by atoms with E-state index >= 15 is 0 Å². The van der Waals surface area contributed by atoms with Crippen LogP contribution >= 0.6 is 0 Å². The zero-order valence-electron chi connectivity index (χ0n) is 23.7. The SMILES string of the molecule is O=C([O-])CN1C(=O)[C@@H](NC(=O)C2(C[C@@H](CCc3cccc4ccccc34)C(=O)[O-])CCCC2)CCc2ccccc21.[Ca+2]. The van der Waals surface area contributed by atoms with Crippen molar-refractivity contribution in [3.05, 3.63) is 77.9 Å². The Bertz CT molecular complexity index is 1460. The van der Waals surface area contributed by atoms with E-state index < -0.39 is 41.8 Å². The van der Waals surface area contributed by atoms with Gasteiger partial charge in [0.05, 0.1) is 12.5 Å². The van der Waals surface area contributed by atoms with Crippen molar-refractivity contribution in [2.75, 3.05) is 11.4 Å². The van der Waals surface area contributed by atoms with Gasteiger partial charge in [-0.25, -0.2) is 0 Å². The number of nitrogens with zero attached hydrogens (tertiary/aromatic N) is 1. The van der Waals surface area contributed by atoms with E-state index in [4.69, 9.17) is 0 Å². The van der Waals surface area contributed by atoms with Crippen molar-refractivity contribution in [1.82, 2.24) is 5.32 Å². The number of fused-ring (bicyclic) bond motifs is 2. The topological polar surface area (TPSA) is 130 Å². The Hall–Kier alpha value is -2.94. The van der Waals surface area contributed by atoms with E-state index in [2.05, 4.69) is 5.32 Å². The van der Waals surface area contributed by atoms with E-state index in [0.717, 1.165) is 39.6 Å². The van der Waals surface area contributed by atoms with Crippen molar-refractivity contribution < 1.29 is 29.4 Å². The molecule has 8 nitrogen and oxygen atoms in total. The molecule has 2 amide bonds. The third kappa shape index (κ3) is 6.99. The Morgan fingerprint density at radius 3 is 2.38 bits per heavy atom. The van der Waals surface area contributed by atoms with E-state index in [0.29, 0.717) is 44.2 Å². The maximum absolute atomic E-state index is 13.9. The van der Waals surface area contributed by atoms with E-state index in [1.165, 1.54) is 0 Å². The summed E-state index contributed by atoms with van der Waals surface area (Å²) >= 11 is 0. The van der Waals surface area contributed by atoms with Crippen molar-refractivity contribution in [2.24, 2.45) is 11.3 Å². The fraction of sp³-hybridized carbons (Fsp3) is 0.394. The van der Waals surface area contributed by atoms with Gasteiger partial charge in [-0.2, -0.15) is 0 Å². The van der Waals surface area contributed by atoms with Gasteiger partial charge in [-0.05, 0) is 78.8 Å². The van der Waals surface area contributed by atoms with Gasteiger partial charge in [-0.1, -0.05) is 73.5 Å². The van der Waals surface area contributed by atoms with Gasteiger partial charge in [0.25, 0.3) is 0 Å². The number of para-hydroxylation sites is 1. The first-order chi connectivity index (χ1) is 19.8. The zero-order chi connectivity index (χ0) is 29.0. The Morgan fingerprint density at radius 2 is 1.64 bits per heavy atom. The number of aliphatic carboxylic acids is 2. The number of carboxylic acids is 2. The van der Waals surface area contributed by atoms with E-state index in [1.54, 1.807) is 12.1 Å². The van der Waals surface area contributed by atoms with Gasteiger partial charge in [-0.3, -0.25) is 9.59 Å². The number of benzene rings is 3. The summed E-state index contributed by atoms with van der Waals surface area (Å²) in [6, 6.07) is 20.1. The molecule has 1 aliphatic heterocycles. The summed E-state index contributed by atoms with van der Waals surface area (Å²) < 4.78 is 0. The molecule has 1 saturated carbocycles. The molecule has 0 unspecified atom stereocenters. The van der Waals surface area contributed by atoms with Crippen molar-refractivity contribution in [3.8, 4) is 0 Å². The Labute approximate surface area is 275 Å². The van der Waals surface area contributed by atoms with Gasteiger partial charge in [0.1, 0.15) is 6.04 Å². The average molecular weight is 595 g/mol. The molecule has 3 aromatic carbocycles. The molecule has 1 heterocycles. The fourth-order valence-electron chi connectivity index (χ4n) is 6.64. The third-order valence-corrected chi connectivity index (χ3v) is 8.80. The van der Waals surface area contributed by atoms with Crippen LogP contribution in [0.5, 0.6) is 0 Å². The van der Waals surface area contributed by atoms with Crippen LogP contribution in [0, 0.1) is 11.3 Å². The number of rotatable bonds is 10. The minimum Gasteiger partial charge on any atom is -0.550 e. The Morgan fingerprint density at radius 1 is 0.952 bits per heavy atom. The van der Waals surface area contributed by atoms with Crippen LogP contribution in [-0.4, -0.2) is 74.1 Å². The first-order valence-electron chi connectivity index (χ1n) is 14.3. The Kier molecular flexibility index (Phi) is 10.7. The molecule has 0 radical (unpaired) electrons. The number of anilines is 1. The van der Waals surface area contributed by atoms with Gasteiger partial charge in [0, 0.05) is 17.1 Å². The first kappa shape index (κ1) is 32.0. The monoisotopic (exact) mass is 594 g/mol. The molecule has 9 heteroatoms. The van der Waals surface area contributed by atoms with E-state index in [9.17, 15) is 29.4 Å². The Balaban J connectivity index is 0.00000405. The molecule has 214 valence electrons. The maximum atomic E-state index is 13.9. The molecule has 2 atom stereocenters. The molecule has 3 aromatic rings. The molecular weight excluding hydrogens is 560 g/mol. The summed E-state index contributed by atoms with van der Waals surface area (Å²) in [5.74, 6) is -4.25. The summed E-state index contributed by atoms with van der Waals surface area (Å²) in [6.45, 7) is -0.617. The first-order valence-corrected chi connectivity index (χ1v) is 14.3. The average Bonchev–Trinajstić information content (AvgIpc) is 3.41. The maximum Gasteiger partial charge on any atom is 2.00 e. The van der Waals surface area contributed by atoms with E-state index in [1.807, 2.05) is 54.6 Å². The summed E-state index contributed by atoms with van der Waals surface area (Å²) in [4.78, 5) is 52.4.